The Kier molecular flexibility index (Phi) is 8.76. The van der Waals surface area contributed by atoms with Gasteiger partial charge in [-0.1, -0.05) is 59.9 Å². The predicted octanol–water partition coefficient (Wildman–Crippen LogP) is 7.06. The molecule has 0 aromatic heterocycles. The fraction of sp³-hybridized carbons (Fsp3) is 0.125. The van der Waals surface area contributed by atoms with Gasteiger partial charge in [0.25, 0.3) is 5.91 Å². The molecular weight excluding hydrogens is 499 g/mol. The number of anilines is 3. The van der Waals surface area contributed by atoms with Gasteiger partial charge < -0.3 is 10.6 Å². The summed E-state index contributed by atoms with van der Waals surface area (Å²) in [6, 6.07) is 16.7. The number of imide groups is 1. The normalized spacial score (nSPS) is 10.4. The minimum atomic E-state index is -0.718. The number of benzene rings is 3. The minimum absolute atomic E-state index is 0.188. The molecule has 0 spiro atoms. The van der Waals surface area contributed by atoms with E-state index in [9.17, 15) is 14.4 Å². The molecule has 5 amide bonds. The quantitative estimate of drug-likeness (QED) is 0.326. The van der Waals surface area contributed by atoms with E-state index in [0.717, 1.165) is 0 Å². The van der Waals surface area contributed by atoms with E-state index in [1.165, 1.54) is 11.0 Å². The summed E-state index contributed by atoms with van der Waals surface area (Å²) in [4.78, 5) is 38.8. The highest BCUT2D eigenvalue weighted by atomic mass is 35.5. The van der Waals surface area contributed by atoms with Gasteiger partial charge in [-0.15, -0.1) is 0 Å². The summed E-state index contributed by atoms with van der Waals surface area (Å²) in [5, 5.41) is 8.54. The summed E-state index contributed by atoms with van der Waals surface area (Å²) >= 11 is 18.5. The van der Waals surface area contributed by atoms with Gasteiger partial charge in [-0.25, -0.2) is 9.59 Å². The van der Waals surface area contributed by atoms with Crippen LogP contribution in [0.1, 0.15) is 23.7 Å². The largest absolute Gasteiger partial charge is 0.326 e. The van der Waals surface area contributed by atoms with Crippen LogP contribution in [0.15, 0.2) is 66.7 Å². The van der Waals surface area contributed by atoms with Crippen LogP contribution in [0.25, 0.3) is 0 Å². The zero-order valence-electron chi connectivity index (χ0n) is 18.1. The number of hydrogen-bond acceptors (Lipinski definition) is 3. The van der Waals surface area contributed by atoms with Gasteiger partial charge in [0, 0.05) is 17.9 Å². The molecule has 3 aromatic rings. The Labute approximate surface area is 212 Å². The molecule has 0 aliphatic carbocycles. The van der Waals surface area contributed by atoms with Crippen LogP contribution in [-0.4, -0.2) is 24.5 Å². The Balaban J connectivity index is 1.63. The Morgan fingerprint density at radius 3 is 1.91 bits per heavy atom. The van der Waals surface area contributed by atoms with Crippen LogP contribution in [0, 0.1) is 0 Å². The van der Waals surface area contributed by atoms with Crippen LogP contribution in [0.4, 0.5) is 26.7 Å². The highest BCUT2D eigenvalue weighted by Crippen LogP contribution is 2.34. The molecule has 176 valence electrons. The van der Waals surface area contributed by atoms with Crippen LogP contribution < -0.4 is 20.9 Å². The molecule has 0 fully saturated rings. The number of amides is 5. The number of carbonyl (C=O) groups excluding carboxylic acids is 3. The molecule has 10 heteroatoms. The topological polar surface area (TPSA) is 90.5 Å². The van der Waals surface area contributed by atoms with E-state index in [0.29, 0.717) is 40.1 Å². The van der Waals surface area contributed by atoms with Gasteiger partial charge in [0.15, 0.2) is 0 Å². The maximum absolute atomic E-state index is 12.9. The highest BCUT2D eigenvalue weighted by Gasteiger charge is 2.20. The molecule has 3 rings (SSSR count). The number of carbonyl (C=O) groups is 3. The average Bonchev–Trinajstić information content (AvgIpc) is 2.79. The van der Waals surface area contributed by atoms with Gasteiger partial charge in [-0.05, 0) is 55.0 Å². The van der Waals surface area contributed by atoms with Crippen LogP contribution in [0.2, 0.25) is 15.1 Å². The SMILES string of the molecule is CCCN(C(=O)Nc1ccc(NC(=O)NC(=O)c2ccccc2Cl)cc1)c1c(Cl)cccc1Cl. The van der Waals surface area contributed by atoms with Crippen LogP contribution in [-0.2, 0) is 0 Å². The second kappa shape index (κ2) is 11.7. The predicted molar refractivity (Wildman–Crippen MR) is 137 cm³/mol. The highest BCUT2D eigenvalue weighted by molar-refractivity contribution is 6.40. The first-order valence-electron chi connectivity index (χ1n) is 10.3. The molecule has 0 unspecified atom stereocenters. The summed E-state index contributed by atoms with van der Waals surface area (Å²) in [6.45, 7) is 2.35. The second-order valence-electron chi connectivity index (χ2n) is 7.12. The number of urea groups is 2. The van der Waals surface area contributed by atoms with E-state index in [2.05, 4.69) is 16.0 Å². The van der Waals surface area contributed by atoms with Gasteiger partial charge in [-0.3, -0.25) is 15.0 Å². The van der Waals surface area contributed by atoms with Crippen molar-refractivity contribution in [1.82, 2.24) is 5.32 Å². The fourth-order valence-corrected chi connectivity index (χ4v) is 3.91. The van der Waals surface area contributed by atoms with Gasteiger partial charge in [0.1, 0.15) is 0 Å². The molecule has 0 bridgehead atoms. The zero-order chi connectivity index (χ0) is 24.7. The number of nitrogens with zero attached hydrogens (tertiary/aromatic N) is 1. The smallest absolute Gasteiger partial charge is 0.308 e. The standard InChI is InChI=1S/C24H21Cl3N4O3/c1-2-14-31(21-19(26)8-5-9-20(21)27)24(34)29-16-12-10-15(11-13-16)28-23(33)30-22(32)17-6-3-4-7-18(17)25/h3-13H,2,14H2,1H3,(H,29,34)(H2,28,30,32,33). The molecule has 34 heavy (non-hydrogen) atoms. The third kappa shape index (κ3) is 6.41. The summed E-state index contributed by atoms with van der Waals surface area (Å²) in [6.07, 6.45) is 0.694. The van der Waals surface area contributed by atoms with Crippen LogP contribution in [0.3, 0.4) is 0 Å². The van der Waals surface area contributed by atoms with Crippen molar-refractivity contribution < 1.29 is 14.4 Å². The van der Waals surface area contributed by atoms with Crippen molar-refractivity contribution >= 4 is 69.8 Å². The van der Waals surface area contributed by atoms with Gasteiger partial charge in [0.05, 0.1) is 26.3 Å². The van der Waals surface area contributed by atoms with Crippen LogP contribution in [0.5, 0.6) is 0 Å². The van der Waals surface area contributed by atoms with E-state index in [-0.39, 0.29) is 10.6 Å². The third-order valence-corrected chi connectivity index (χ3v) is 5.58. The summed E-state index contributed by atoms with van der Waals surface area (Å²) in [5.41, 5.74) is 1.53. The first-order valence-corrected chi connectivity index (χ1v) is 11.4. The first-order chi connectivity index (χ1) is 16.3. The van der Waals surface area contributed by atoms with Crippen molar-refractivity contribution in [1.29, 1.82) is 0 Å². The molecule has 7 nitrogen and oxygen atoms in total. The number of rotatable bonds is 6. The van der Waals surface area contributed by atoms with E-state index in [4.69, 9.17) is 34.8 Å². The van der Waals surface area contributed by atoms with E-state index >= 15 is 0 Å². The molecule has 0 saturated heterocycles. The van der Waals surface area contributed by atoms with Gasteiger partial charge in [0.2, 0.25) is 0 Å². The molecule has 0 saturated carbocycles. The minimum Gasteiger partial charge on any atom is -0.308 e. The first kappa shape index (κ1) is 25.4. The monoisotopic (exact) mass is 518 g/mol. The Morgan fingerprint density at radius 1 is 0.765 bits per heavy atom. The lowest BCUT2D eigenvalue weighted by molar-refractivity contribution is 0.0967. The Bertz CT molecular complexity index is 1180. The number of hydrogen-bond donors (Lipinski definition) is 3. The number of halogens is 3. The number of para-hydroxylation sites is 1. The summed E-state index contributed by atoms with van der Waals surface area (Å²) in [5.74, 6) is -0.624. The Hall–Kier alpha value is -3.26. The third-order valence-electron chi connectivity index (χ3n) is 4.64. The molecule has 0 radical (unpaired) electrons. The molecule has 0 aliphatic rings. The summed E-state index contributed by atoms with van der Waals surface area (Å²) < 4.78 is 0. The van der Waals surface area contributed by atoms with E-state index in [1.807, 2.05) is 6.92 Å². The summed E-state index contributed by atoms with van der Waals surface area (Å²) in [7, 11) is 0. The maximum atomic E-state index is 12.9. The average molecular weight is 520 g/mol. The lowest BCUT2D eigenvalue weighted by Gasteiger charge is -2.24. The van der Waals surface area contributed by atoms with Gasteiger partial charge >= 0.3 is 12.1 Å². The molecule has 3 aromatic carbocycles. The van der Waals surface area contributed by atoms with E-state index in [1.54, 1.807) is 60.7 Å². The molecule has 0 aliphatic heterocycles. The fourth-order valence-electron chi connectivity index (χ4n) is 3.09. The second-order valence-corrected chi connectivity index (χ2v) is 8.34. The molecule has 0 heterocycles. The van der Waals surface area contributed by atoms with Crippen molar-refractivity contribution in [3.05, 3.63) is 87.4 Å². The van der Waals surface area contributed by atoms with E-state index < -0.39 is 18.0 Å². The lowest BCUT2D eigenvalue weighted by atomic mass is 10.2. The Morgan fingerprint density at radius 2 is 1.32 bits per heavy atom. The maximum Gasteiger partial charge on any atom is 0.326 e. The van der Waals surface area contributed by atoms with Crippen molar-refractivity contribution in [3.8, 4) is 0 Å². The van der Waals surface area contributed by atoms with Crippen molar-refractivity contribution in [2.24, 2.45) is 0 Å². The van der Waals surface area contributed by atoms with Gasteiger partial charge in [-0.2, -0.15) is 0 Å². The zero-order valence-corrected chi connectivity index (χ0v) is 20.3. The number of nitrogens with one attached hydrogen (secondary N) is 3. The molecular formula is C24H21Cl3N4O3. The van der Waals surface area contributed by atoms with Crippen molar-refractivity contribution in [3.63, 3.8) is 0 Å². The van der Waals surface area contributed by atoms with Crippen molar-refractivity contribution in [2.75, 3.05) is 22.1 Å². The molecule has 0 atom stereocenters. The molecule has 3 N–H and O–H groups in total. The van der Waals surface area contributed by atoms with Crippen molar-refractivity contribution in [2.45, 2.75) is 13.3 Å². The lowest BCUT2D eigenvalue weighted by Crippen LogP contribution is -2.36. The van der Waals surface area contributed by atoms with Crippen LogP contribution >= 0.6 is 34.8 Å².